The van der Waals surface area contributed by atoms with Crippen LogP contribution in [0.25, 0.3) is 0 Å². The number of benzene rings is 1. The Hall–Kier alpha value is -1.62. The smallest absolute Gasteiger partial charge is 0.191 e. The minimum atomic E-state index is -3.28. The standard InChI is InChI=1S/C16H23N5O2S.HI/c1-17-16(18-9-5-12-21-13-6-10-20-21)19-11-14-24(22,23)15-7-3-2-4-8-15;/h2-4,6-8,10,13H,5,9,11-12,14H2,1H3,(H2,17,18,19);1H. The van der Waals surface area contributed by atoms with Gasteiger partial charge in [0.15, 0.2) is 15.8 Å². The van der Waals surface area contributed by atoms with Gasteiger partial charge in [-0.25, -0.2) is 8.42 Å². The maximum absolute atomic E-state index is 12.2. The predicted molar refractivity (Wildman–Crippen MR) is 110 cm³/mol. The molecule has 7 nitrogen and oxygen atoms in total. The Morgan fingerprint density at radius 3 is 2.52 bits per heavy atom. The highest BCUT2D eigenvalue weighted by atomic mass is 127. The molecule has 2 aromatic rings. The Morgan fingerprint density at radius 2 is 1.88 bits per heavy atom. The van der Waals surface area contributed by atoms with Crippen LogP contribution in [0.2, 0.25) is 0 Å². The lowest BCUT2D eigenvalue weighted by Crippen LogP contribution is -2.40. The molecule has 0 spiro atoms. The van der Waals surface area contributed by atoms with Crippen LogP contribution in [-0.4, -0.2) is 50.0 Å². The summed E-state index contributed by atoms with van der Waals surface area (Å²) >= 11 is 0. The Bertz CT molecular complexity index is 733. The van der Waals surface area contributed by atoms with Gasteiger partial charge in [-0.15, -0.1) is 24.0 Å². The van der Waals surface area contributed by atoms with Crippen molar-refractivity contribution in [2.24, 2.45) is 4.99 Å². The Morgan fingerprint density at radius 1 is 1.16 bits per heavy atom. The summed E-state index contributed by atoms with van der Waals surface area (Å²) in [6, 6.07) is 10.4. The van der Waals surface area contributed by atoms with Gasteiger partial charge in [0.05, 0.1) is 10.6 Å². The maximum atomic E-state index is 12.2. The second kappa shape index (κ2) is 11.1. The molecule has 1 aromatic carbocycles. The fourth-order valence-electron chi connectivity index (χ4n) is 2.15. The van der Waals surface area contributed by atoms with E-state index in [-0.39, 0.29) is 29.7 Å². The second-order valence-corrected chi connectivity index (χ2v) is 7.29. The first-order chi connectivity index (χ1) is 11.6. The van der Waals surface area contributed by atoms with Crippen molar-refractivity contribution in [2.45, 2.75) is 17.9 Å². The molecule has 0 saturated heterocycles. The number of aryl methyl sites for hydroxylation is 1. The molecule has 1 aromatic heterocycles. The van der Waals surface area contributed by atoms with Crippen molar-refractivity contribution in [1.29, 1.82) is 0 Å². The second-order valence-electron chi connectivity index (χ2n) is 5.18. The van der Waals surface area contributed by atoms with Crippen LogP contribution in [-0.2, 0) is 16.4 Å². The minimum absolute atomic E-state index is 0. The predicted octanol–water partition coefficient (Wildman–Crippen LogP) is 1.53. The van der Waals surface area contributed by atoms with Crippen molar-refractivity contribution in [3.8, 4) is 0 Å². The van der Waals surface area contributed by atoms with E-state index in [1.54, 1.807) is 43.6 Å². The van der Waals surface area contributed by atoms with Gasteiger partial charge in [0, 0.05) is 39.1 Å². The van der Waals surface area contributed by atoms with E-state index in [1.165, 1.54) is 0 Å². The van der Waals surface area contributed by atoms with Gasteiger partial charge in [0.25, 0.3) is 0 Å². The number of halogens is 1. The van der Waals surface area contributed by atoms with E-state index in [4.69, 9.17) is 0 Å². The summed E-state index contributed by atoms with van der Waals surface area (Å²) in [5, 5.41) is 10.3. The topological polar surface area (TPSA) is 88.4 Å². The van der Waals surface area contributed by atoms with Crippen LogP contribution >= 0.6 is 24.0 Å². The highest BCUT2D eigenvalue weighted by Gasteiger charge is 2.13. The van der Waals surface area contributed by atoms with Gasteiger partial charge in [0.1, 0.15) is 0 Å². The zero-order valence-corrected chi connectivity index (χ0v) is 17.3. The van der Waals surface area contributed by atoms with E-state index in [1.807, 2.05) is 16.9 Å². The Labute approximate surface area is 165 Å². The van der Waals surface area contributed by atoms with E-state index in [0.29, 0.717) is 17.4 Å². The molecular weight excluding hydrogens is 453 g/mol. The zero-order chi connectivity index (χ0) is 17.3. The molecule has 2 rings (SSSR count). The SMILES string of the molecule is CN=C(NCCCn1cccn1)NCCS(=O)(=O)c1ccccc1.I. The summed E-state index contributed by atoms with van der Waals surface area (Å²) in [6.07, 6.45) is 4.56. The summed E-state index contributed by atoms with van der Waals surface area (Å²) in [6.45, 7) is 1.85. The lowest BCUT2D eigenvalue weighted by atomic mass is 10.4. The number of nitrogens with zero attached hydrogens (tertiary/aromatic N) is 3. The molecule has 2 N–H and O–H groups in total. The van der Waals surface area contributed by atoms with Crippen LogP contribution in [0.4, 0.5) is 0 Å². The monoisotopic (exact) mass is 477 g/mol. The molecule has 0 bridgehead atoms. The molecule has 25 heavy (non-hydrogen) atoms. The van der Waals surface area contributed by atoms with Crippen LogP contribution < -0.4 is 10.6 Å². The number of rotatable bonds is 8. The van der Waals surface area contributed by atoms with Gasteiger partial charge < -0.3 is 10.6 Å². The van der Waals surface area contributed by atoms with E-state index < -0.39 is 9.84 Å². The lowest BCUT2D eigenvalue weighted by molar-refractivity contribution is 0.570. The highest BCUT2D eigenvalue weighted by Crippen LogP contribution is 2.09. The van der Waals surface area contributed by atoms with E-state index in [0.717, 1.165) is 19.5 Å². The third kappa shape index (κ3) is 7.43. The molecule has 0 aliphatic rings. The van der Waals surface area contributed by atoms with Crippen molar-refractivity contribution in [2.75, 3.05) is 25.9 Å². The Balaban J connectivity index is 0.00000312. The van der Waals surface area contributed by atoms with E-state index in [2.05, 4.69) is 20.7 Å². The maximum Gasteiger partial charge on any atom is 0.191 e. The Kier molecular flexibility index (Phi) is 9.50. The van der Waals surface area contributed by atoms with Gasteiger partial charge in [0.2, 0.25) is 0 Å². The van der Waals surface area contributed by atoms with Crippen molar-refractivity contribution < 1.29 is 8.42 Å². The van der Waals surface area contributed by atoms with Crippen molar-refractivity contribution >= 4 is 39.8 Å². The largest absolute Gasteiger partial charge is 0.356 e. The van der Waals surface area contributed by atoms with Crippen molar-refractivity contribution in [1.82, 2.24) is 20.4 Å². The number of aliphatic imine (C=N–C) groups is 1. The molecule has 9 heteroatoms. The molecule has 0 atom stereocenters. The summed E-state index contributed by atoms with van der Waals surface area (Å²) in [7, 11) is -1.61. The van der Waals surface area contributed by atoms with Gasteiger partial charge >= 0.3 is 0 Å². The molecule has 0 fully saturated rings. The molecule has 0 amide bonds. The molecule has 138 valence electrons. The zero-order valence-electron chi connectivity index (χ0n) is 14.1. The average Bonchev–Trinajstić information content (AvgIpc) is 3.11. The van der Waals surface area contributed by atoms with Gasteiger partial charge in [-0.05, 0) is 24.6 Å². The van der Waals surface area contributed by atoms with Crippen molar-refractivity contribution in [3.63, 3.8) is 0 Å². The minimum Gasteiger partial charge on any atom is -0.356 e. The fraction of sp³-hybridized carbons (Fsp3) is 0.375. The quantitative estimate of drug-likeness (QED) is 0.261. The number of hydrogen-bond donors (Lipinski definition) is 2. The van der Waals surface area contributed by atoms with Crippen LogP contribution in [0.5, 0.6) is 0 Å². The van der Waals surface area contributed by atoms with E-state index >= 15 is 0 Å². The third-order valence-corrected chi connectivity index (χ3v) is 5.14. The molecule has 1 heterocycles. The van der Waals surface area contributed by atoms with Crippen molar-refractivity contribution in [3.05, 3.63) is 48.8 Å². The lowest BCUT2D eigenvalue weighted by Gasteiger charge is -2.12. The first kappa shape index (κ1) is 21.4. The molecule has 0 saturated carbocycles. The normalized spacial score (nSPS) is 11.6. The highest BCUT2D eigenvalue weighted by molar-refractivity contribution is 14.0. The van der Waals surface area contributed by atoms with E-state index in [9.17, 15) is 8.42 Å². The number of hydrogen-bond acceptors (Lipinski definition) is 4. The first-order valence-electron chi connectivity index (χ1n) is 7.81. The summed E-state index contributed by atoms with van der Waals surface area (Å²) < 4.78 is 26.2. The number of aromatic nitrogens is 2. The number of sulfone groups is 1. The first-order valence-corrected chi connectivity index (χ1v) is 9.47. The average molecular weight is 477 g/mol. The number of guanidine groups is 1. The van der Waals surface area contributed by atoms with Gasteiger partial charge in [-0.1, -0.05) is 18.2 Å². The molecular formula is C16H24IN5O2S. The summed E-state index contributed by atoms with van der Waals surface area (Å²) in [5.74, 6) is 0.615. The molecule has 0 radical (unpaired) electrons. The molecule has 0 aliphatic heterocycles. The molecule has 0 aliphatic carbocycles. The van der Waals surface area contributed by atoms with Gasteiger partial charge in [-0.2, -0.15) is 5.10 Å². The summed E-state index contributed by atoms with van der Waals surface area (Å²) in [4.78, 5) is 4.43. The van der Waals surface area contributed by atoms with Gasteiger partial charge in [-0.3, -0.25) is 9.67 Å². The van der Waals surface area contributed by atoms with Crippen LogP contribution in [0.3, 0.4) is 0 Å². The van der Waals surface area contributed by atoms with Crippen LogP contribution in [0, 0.1) is 0 Å². The summed E-state index contributed by atoms with van der Waals surface area (Å²) in [5.41, 5.74) is 0. The fourth-order valence-corrected chi connectivity index (χ4v) is 3.33. The molecule has 0 unspecified atom stereocenters. The van der Waals surface area contributed by atoms with Crippen LogP contribution in [0.1, 0.15) is 6.42 Å². The van der Waals surface area contributed by atoms with Crippen LogP contribution in [0.15, 0.2) is 58.7 Å². The third-order valence-electron chi connectivity index (χ3n) is 3.40. The number of nitrogens with one attached hydrogen (secondary N) is 2.